The molecular formula is C29H43O5P. The van der Waals surface area contributed by atoms with Crippen molar-refractivity contribution in [3.05, 3.63) is 57.6 Å². The molecule has 35 heavy (non-hydrogen) atoms. The summed E-state index contributed by atoms with van der Waals surface area (Å²) in [4.78, 5) is 0. The van der Waals surface area contributed by atoms with Crippen LogP contribution in [0.4, 0.5) is 0 Å². The Morgan fingerprint density at radius 1 is 0.657 bits per heavy atom. The molecule has 0 spiro atoms. The van der Waals surface area contributed by atoms with Gasteiger partial charge in [0.2, 0.25) is 0 Å². The van der Waals surface area contributed by atoms with E-state index in [0.717, 1.165) is 33.4 Å². The Bertz CT molecular complexity index is 1080. The molecule has 2 aromatic carbocycles. The van der Waals surface area contributed by atoms with Crippen LogP contribution in [0, 0.1) is 0 Å². The van der Waals surface area contributed by atoms with Gasteiger partial charge >= 0.3 is 7.82 Å². The average Bonchev–Trinajstić information content (AvgIpc) is 2.65. The van der Waals surface area contributed by atoms with E-state index in [1.54, 1.807) is 0 Å². The van der Waals surface area contributed by atoms with Gasteiger partial charge in [-0.1, -0.05) is 107 Å². The molecule has 194 valence electrons. The zero-order valence-electron chi connectivity index (χ0n) is 23.5. The normalized spacial score (nSPS) is 16.4. The van der Waals surface area contributed by atoms with Crippen molar-refractivity contribution in [1.29, 1.82) is 0 Å². The van der Waals surface area contributed by atoms with Crippen LogP contribution >= 0.6 is 7.82 Å². The molecule has 6 heteroatoms. The van der Waals surface area contributed by atoms with Crippen LogP contribution in [-0.4, -0.2) is 5.26 Å². The van der Waals surface area contributed by atoms with Crippen LogP contribution in [-0.2, 0) is 37.3 Å². The van der Waals surface area contributed by atoms with Gasteiger partial charge in [0, 0.05) is 17.5 Å². The number of benzene rings is 2. The molecule has 3 rings (SSSR count). The Balaban J connectivity index is 2.46. The number of hydrogen-bond acceptors (Lipinski definition) is 5. The Labute approximate surface area is 211 Å². The summed E-state index contributed by atoms with van der Waals surface area (Å²) in [5.41, 5.74) is 5.10. The van der Waals surface area contributed by atoms with Crippen molar-refractivity contribution in [2.45, 2.75) is 111 Å². The predicted molar refractivity (Wildman–Crippen MR) is 143 cm³/mol. The van der Waals surface area contributed by atoms with Crippen LogP contribution in [0.15, 0.2) is 24.3 Å². The third-order valence-electron chi connectivity index (χ3n) is 6.57. The van der Waals surface area contributed by atoms with E-state index in [-0.39, 0.29) is 21.7 Å². The molecule has 0 atom stereocenters. The van der Waals surface area contributed by atoms with Crippen LogP contribution in [0.1, 0.15) is 116 Å². The Morgan fingerprint density at radius 2 is 1.00 bits per heavy atom. The summed E-state index contributed by atoms with van der Waals surface area (Å²) in [6, 6.07) is 8.47. The second-order valence-corrected chi connectivity index (χ2v) is 15.3. The van der Waals surface area contributed by atoms with Crippen molar-refractivity contribution < 1.29 is 23.5 Å². The molecule has 0 aromatic heterocycles. The van der Waals surface area contributed by atoms with Gasteiger partial charge in [0.1, 0.15) is 11.5 Å². The van der Waals surface area contributed by atoms with Crippen LogP contribution in [0.2, 0.25) is 0 Å². The summed E-state index contributed by atoms with van der Waals surface area (Å²) in [6.07, 6.45) is 0.538. The Kier molecular flexibility index (Phi) is 6.86. The molecule has 0 bridgehead atoms. The molecule has 1 aliphatic rings. The van der Waals surface area contributed by atoms with Gasteiger partial charge in [0.15, 0.2) is 0 Å². The van der Waals surface area contributed by atoms with E-state index in [0.29, 0.717) is 17.9 Å². The van der Waals surface area contributed by atoms with Gasteiger partial charge in [-0.2, -0.15) is 0 Å². The van der Waals surface area contributed by atoms with Gasteiger partial charge in [-0.3, -0.25) is 0 Å². The zero-order valence-corrected chi connectivity index (χ0v) is 24.4. The van der Waals surface area contributed by atoms with Gasteiger partial charge in [0.25, 0.3) is 0 Å². The molecule has 0 unspecified atom stereocenters. The summed E-state index contributed by atoms with van der Waals surface area (Å²) >= 11 is 0. The minimum absolute atomic E-state index is 0.0995. The molecule has 0 aliphatic carbocycles. The van der Waals surface area contributed by atoms with Gasteiger partial charge < -0.3 is 9.05 Å². The molecule has 1 N–H and O–H groups in total. The first-order valence-corrected chi connectivity index (χ1v) is 13.8. The van der Waals surface area contributed by atoms with Crippen molar-refractivity contribution in [2.24, 2.45) is 0 Å². The molecule has 0 radical (unpaired) electrons. The van der Waals surface area contributed by atoms with Gasteiger partial charge in [-0.05, 0) is 43.9 Å². The van der Waals surface area contributed by atoms with Gasteiger partial charge in [-0.25, -0.2) is 9.82 Å². The molecule has 2 aromatic rings. The lowest BCUT2D eigenvalue weighted by Crippen LogP contribution is -2.23. The van der Waals surface area contributed by atoms with Crippen molar-refractivity contribution in [1.82, 2.24) is 0 Å². The average molecular weight is 503 g/mol. The van der Waals surface area contributed by atoms with Crippen molar-refractivity contribution in [2.75, 3.05) is 0 Å². The standard InChI is InChI=1S/C29H43O5P/c1-26(2,3)20-14-18-13-19-15-21(27(4,5)6)17-23(29(10,11)12)25(19)33-35(31,34-30)32-24(18)22(16-20)28(7,8)9/h14-17,30H,13H2,1-12H3. The third kappa shape index (κ3) is 5.79. The Morgan fingerprint density at radius 3 is 1.26 bits per heavy atom. The van der Waals surface area contributed by atoms with E-state index in [2.05, 4.69) is 112 Å². The number of hydrogen-bond donors (Lipinski definition) is 1. The third-order valence-corrected chi connectivity index (χ3v) is 7.58. The maximum absolute atomic E-state index is 13.7. The lowest BCUT2D eigenvalue weighted by Gasteiger charge is -2.34. The lowest BCUT2D eigenvalue weighted by atomic mass is 9.76. The Hall–Kier alpha value is -1.81. The number of fused-ring (bicyclic) bond motifs is 2. The van der Waals surface area contributed by atoms with E-state index in [4.69, 9.17) is 9.05 Å². The molecule has 5 nitrogen and oxygen atoms in total. The highest BCUT2D eigenvalue weighted by atomic mass is 31.2. The van der Waals surface area contributed by atoms with E-state index >= 15 is 0 Å². The summed E-state index contributed by atoms with van der Waals surface area (Å²) in [5.74, 6) is 0.902. The van der Waals surface area contributed by atoms with Crippen LogP contribution in [0.25, 0.3) is 0 Å². The van der Waals surface area contributed by atoms with Crippen LogP contribution in [0.5, 0.6) is 11.5 Å². The topological polar surface area (TPSA) is 65.0 Å². The molecule has 0 saturated heterocycles. The first-order chi connectivity index (χ1) is 15.7. The second kappa shape index (κ2) is 8.64. The fourth-order valence-corrected chi connectivity index (χ4v) is 5.30. The second-order valence-electron chi connectivity index (χ2n) is 13.9. The number of rotatable bonds is 1. The minimum Gasteiger partial charge on any atom is -0.393 e. The van der Waals surface area contributed by atoms with Crippen LogP contribution < -0.4 is 9.05 Å². The monoisotopic (exact) mass is 502 g/mol. The van der Waals surface area contributed by atoms with Gasteiger partial charge in [-0.15, -0.1) is 4.67 Å². The van der Waals surface area contributed by atoms with E-state index in [9.17, 15) is 9.82 Å². The van der Waals surface area contributed by atoms with Crippen molar-refractivity contribution >= 4 is 7.82 Å². The SMILES string of the molecule is CC(C)(C)c1cc2c(c(C(C)(C)C)c1)OP(=O)(OO)Oc1c(cc(C(C)(C)C)cc1C(C)(C)C)C2. The maximum Gasteiger partial charge on any atom is 0.615 e. The van der Waals surface area contributed by atoms with E-state index < -0.39 is 7.82 Å². The fourth-order valence-electron chi connectivity index (χ4n) is 4.32. The molecular weight excluding hydrogens is 459 g/mol. The molecule has 0 amide bonds. The van der Waals surface area contributed by atoms with Crippen LogP contribution in [0.3, 0.4) is 0 Å². The number of phosphoric acid groups is 1. The molecule has 0 saturated carbocycles. The predicted octanol–water partition coefficient (Wildman–Crippen LogP) is 8.84. The van der Waals surface area contributed by atoms with Crippen molar-refractivity contribution in [3.8, 4) is 11.5 Å². The fraction of sp³-hybridized carbons (Fsp3) is 0.586. The first-order valence-electron chi connectivity index (χ1n) is 12.3. The summed E-state index contributed by atoms with van der Waals surface area (Å²) in [5, 5.41) is 9.76. The minimum atomic E-state index is -4.38. The quantitative estimate of drug-likeness (QED) is 0.240. The largest absolute Gasteiger partial charge is 0.615 e. The summed E-state index contributed by atoms with van der Waals surface area (Å²) in [6.45, 7) is 25.6. The lowest BCUT2D eigenvalue weighted by molar-refractivity contribution is -0.155. The first kappa shape index (κ1) is 27.8. The highest BCUT2D eigenvalue weighted by Crippen LogP contribution is 2.56. The maximum atomic E-state index is 13.7. The summed E-state index contributed by atoms with van der Waals surface area (Å²) < 4.78 is 30.1. The van der Waals surface area contributed by atoms with Gasteiger partial charge in [0.05, 0.1) is 0 Å². The zero-order chi connectivity index (χ0) is 26.8. The summed E-state index contributed by atoms with van der Waals surface area (Å²) in [7, 11) is -4.38. The van der Waals surface area contributed by atoms with Crippen molar-refractivity contribution in [3.63, 3.8) is 0 Å². The molecule has 0 fully saturated rings. The van der Waals surface area contributed by atoms with E-state index in [1.165, 1.54) is 0 Å². The number of phosphoric ester groups is 1. The smallest absolute Gasteiger partial charge is 0.393 e. The molecule has 1 heterocycles. The van der Waals surface area contributed by atoms with E-state index in [1.807, 2.05) is 0 Å². The highest BCUT2D eigenvalue weighted by Gasteiger charge is 2.40. The molecule has 1 aliphatic heterocycles. The highest BCUT2D eigenvalue weighted by molar-refractivity contribution is 7.49.